The fourth-order valence-corrected chi connectivity index (χ4v) is 2.83. The van der Waals surface area contributed by atoms with E-state index in [9.17, 15) is 18.0 Å². The number of hydrogen-bond donors (Lipinski definition) is 1. The summed E-state index contributed by atoms with van der Waals surface area (Å²) in [6, 6.07) is 4.58. The molecular formula is C17H17F3N4O. The summed E-state index contributed by atoms with van der Waals surface area (Å²) in [7, 11) is 0. The predicted molar refractivity (Wildman–Crippen MR) is 87.5 cm³/mol. The molecule has 0 aliphatic carbocycles. The fourth-order valence-electron chi connectivity index (χ4n) is 2.83. The number of H-pyrrole nitrogens is 1. The van der Waals surface area contributed by atoms with Crippen molar-refractivity contribution in [3.8, 4) is 0 Å². The van der Waals surface area contributed by atoms with E-state index >= 15 is 0 Å². The average molecular weight is 350 g/mol. The lowest BCUT2D eigenvalue weighted by Gasteiger charge is -2.15. The molecule has 1 N–H and O–H groups in total. The summed E-state index contributed by atoms with van der Waals surface area (Å²) in [5, 5.41) is 4.89. The number of nitrogens with one attached hydrogen (secondary N) is 1. The second kappa shape index (κ2) is 6.02. The van der Waals surface area contributed by atoms with E-state index in [0.29, 0.717) is 34.5 Å². The van der Waals surface area contributed by atoms with Crippen molar-refractivity contribution in [1.29, 1.82) is 0 Å². The Morgan fingerprint density at radius 1 is 1.24 bits per heavy atom. The van der Waals surface area contributed by atoms with Crippen LogP contribution in [0.15, 0.2) is 29.1 Å². The van der Waals surface area contributed by atoms with Gasteiger partial charge in [-0.25, -0.2) is 9.67 Å². The Morgan fingerprint density at radius 3 is 2.44 bits per heavy atom. The molecule has 0 spiro atoms. The summed E-state index contributed by atoms with van der Waals surface area (Å²) in [4.78, 5) is 19.3. The van der Waals surface area contributed by atoms with Crippen molar-refractivity contribution < 1.29 is 13.2 Å². The highest BCUT2D eigenvalue weighted by atomic mass is 19.4. The first-order valence-electron chi connectivity index (χ1n) is 7.87. The summed E-state index contributed by atoms with van der Waals surface area (Å²) in [5.41, 5.74) is 0.742. The molecule has 0 fully saturated rings. The van der Waals surface area contributed by atoms with Crippen LogP contribution in [0.25, 0.3) is 11.0 Å². The van der Waals surface area contributed by atoms with Crippen molar-refractivity contribution in [3.63, 3.8) is 0 Å². The number of aromatic nitrogens is 4. The van der Waals surface area contributed by atoms with E-state index in [2.05, 4.69) is 15.1 Å². The summed E-state index contributed by atoms with van der Waals surface area (Å²) in [5.74, 6) is 0.459. The number of aromatic amines is 1. The van der Waals surface area contributed by atoms with Gasteiger partial charge in [-0.1, -0.05) is 19.1 Å². The third-order valence-corrected chi connectivity index (χ3v) is 4.17. The minimum Gasteiger partial charge on any atom is -0.310 e. The van der Waals surface area contributed by atoms with Crippen molar-refractivity contribution in [2.45, 2.75) is 39.4 Å². The summed E-state index contributed by atoms with van der Waals surface area (Å²) >= 11 is 0. The number of hydrogen-bond acceptors (Lipinski definition) is 3. The molecule has 0 aliphatic heterocycles. The highest BCUT2D eigenvalue weighted by molar-refractivity contribution is 5.77. The number of fused-ring (bicyclic) bond motifs is 1. The summed E-state index contributed by atoms with van der Waals surface area (Å²) in [6.45, 7) is 5.37. The van der Waals surface area contributed by atoms with E-state index < -0.39 is 11.7 Å². The Bertz CT molecular complexity index is 970. The van der Waals surface area contributed by atoms with E-state index in [-0.39, 0.29) is 11.6 Å². The van der Waals surface area contributed by atoms with Gasteiger partial charge in [0.2, 0.25) is 0 Å². The molecular weight excluding hydrogens is 333 g/mol. The summed E-state index contributed by atoms with van der Waals surface area (Å²) < 4.78 is 39.8. The molecule has 0 amide bonds. The van der Waals surface area contributed by atoms with Crippen LogP contribution in [0, 0.1) is 6.92 Å². The first kappa shape index (κ1) is 17.2. The number of halogens is 3. The average Bonchev–Trinajstić information content (AvgIpc) is 2.92. The van der Waals surface area contributed by atoms with Gasteiger partial charge in [-0.15, -0.1) is 0 Å². The Kier molecular flexibility index (Phi) is 4.14. The third-order valence-electron chi connectivity index (χ3n) is 4.17. The van der Waals surface area contributed by atoms with Crippen molar-refractivity contribution >= 4 is 11.0 Å². The van der Waals surface area contributed by atoms with Gasteiger partial charge in [0, 0.05) is 0 Å². The highest BCUT2D eigenvalue weighted by Gasteiger charge is 2.30. The zero-order chi connectivity index (χ0) is 18.4. The van der Waals surface area contributed by atoms with Crippen LogP contribution in [0.1, 0.15) is 42.5 Å². The van der Waals surface area contributed by atoms with E-state index in [1.54, 1.807) is 11.6 Å². The molecule has 0 bridgehead atoms. The Balaban J connectivity index is 2.11. The van der Waals surface area contributed by atoms with E-state index in [0.717, 1.165) is 12.1 Å². The minimum absolute atomic E-state index is 0.259. The second-order valence-corrected chi connectivity index (χ2v) is 5.89. The lowest BCUT2D eigenvalue weighted by atomic mass is 10.1. The second-order valence-electron chi connectivity index (χ2n) is 5.89. The monoisotopic (exact) mass is 350 g/mol. The van der Waals surface area contributed by atoms with Crippen LogP contribution in [0.2, 0.25) is 0 Å². The Morgan fingerprint density at radius 2 is 1.88 bits per heavy atom. The van der Waals surface area contributed by atoms with Crippen molar-refractivity contribution in [3.05, 3.63) is 57.3 Å². The van der Waals surface area contributed by atoms with E-state index in [4.69, 9.17) is 0 Å². The minimum atomic E-state index is -4.37. The van der Waals surface area contributed by atoms with Gasteiger partial charge in [0.15, 0.2) is 5.65 Å². The van der Waals surface area contributed by atoms with Crippen molar-refractivity contribution in [2.24, 2.45) is 0 Å². The zero-order valence-electron chi connectivity index (χ0n) is 14.0. The lowest BCUT2D eigenvalue weighted by molar-refractivity contribution is -0.137. The van der Waals surface area contributed by atoms with Crippen LogP contribution in [0.3, 0.4) is 0 Å². The first-order chi connectivity index (χ1) is 11.7. The molecule has 2 aromatic heterocycles. The first-order valence-corrected chi connectivity index (χ1v) is 7.87. The number of nitrogens with zero attached hydrogens (tertiary/aromatic N) is 3. The SMILES string of the molecule is CCc1nn([C@H](C)c2ccc(C(F)(F)F)cc2)c2nc(C)[nH]c(=O)c12. The third kappa shape index (κ3) is 3.04. The van der Waals surface area contributed by atoms with E-state index in [1.165, 1.54) is 12.1 Å². The Hall–Kier alpha value is -2.64. The fraction of sp³-hybridized carbons (Fsp3) is 0.353. The van der Waals surface area contributed by atoms with Gasteiger partial charge in [-0.05, 0) is 38.0 Å². The zero-order valence-corrected chi connectivity index (χ0v) is 14.0. The van der Waals surface area contributed by atoms with Gasteiger partial charge in [-0.2, -0.15) is 18.3 Å². The van der Waals surface area contributed by atoms with Crippen molar-refractivity contribution in [1.82, 2.24) is 19.7 Å². The number of rotatable bonds is 3. The molecule has 25 heavy (non-hydrogen) atoms. The van der Waals surface area contributed by atoms with Gasteiger partial charge in [0.25, 0.3) is 5.56 Å². The van der Waals surface area contributed by atoms with E-state index in [1.807, 2.05) is 13.8 Å². The maximum absolute atomic E-state index is 12.7. The molecule has 1 aromatic carbocycles. The van der Waals surface area contributed by atoms with Gasteiger partial charge < -0.3 is 4.98 Å². The van der Waals surface area contributed by atoms with Gasteiger partial charge >= 0.3 is 6.18 Å². The molecule has 0 saturated carbocycles. The smallest absolute Gasteiger partial charge is 0.310 e. The molecule has 1 atom stereocenters. The molecule has 3 rings (SSSR count). The van der Waals surface area contributed by atoms with Crippen LogP contribution < -0.4 is 5.56 Å². The lowest BCUT2D eigenvalue weighted by Crippen LogP contribution is -2.13. The standard InChI is InChI=1S/C17H17F3N4O/c1-4-13-14-15(21-10(3)22-16(14)25)24(23-13)9(2)11-5-7-12(8-6-11)17(18,19)20/h5-9H,4H2,1-3H3,(H,21,22,25)/t9-/m1/s1. The molecule has 0 aliphatic rings. The molecule has 3 aromatic rings. The molecule has 0 radical (unpaired) electrons. The quantitative estimate of drug-likeness (QED) is 0.785. The normalized spacial score (nSPS) is 13.4. The number of benzene rings is 1. The molecule has 2 heterocycles. The van der Waals surface area contributed by atoms with Crippen LogP contribution >= 0.6 is 0 Å². The largest absolute Gasteiger partial charge is 0.416 e. The van der Waals surface area contributed by atoms with Crippen LogP contribution in [-0.4, -0.2) is 19.7 Å². The maximum atomic E-state index is 12.7. The van der Waals surface area contributed by atoms with Crippen LogP contribution in [0.4, 0.5) is 13.2 Å². The molecule has 5 nitrogen and oxygen atoms in total. The van der Waals surface area contributed by atoms with Gasteiger partial charge in [0.1, 0.15) is 11.2 Å². The Labute approximate surface area is 141 Å². The van der Waals surface area contributed by atoms with Gasteiger partial charge in [-0.3, -0.25) is 4.79 Å². The molecule has 132 valence electrons. The number of aryl methyl sites for hydroxylation is 2. The number of alkyl halides is 3. The molecule has 0 unspecified atom stereocenters. The maximum Gasteiger partial charge on any atom is 0.416 e. The van der Waals surface area contributed by atoms with Crippen LogP contribution in [0.5, 0.6) is 0 Å². The highest BCUT2D eigenvalue weighted by Crippen LogP contribution is 2.31. The molecule has 8 heteroatoms. The molecule has 0 saturated heterocycles. The topological polar surface area (TPSA) is 63.6 Å². The van der Waals surface area contributed by atoms with Crippen molar-refractivity contribution in [2.75, 3.05) is 0 Å². The summed E-state index contributed by atoms with van der Waals surface area (Å²) in [6.07, 6.45) is -3.82. The van der Waals surface area contributed by atoms with Gasteiger partial charge in [0.05, 0.1) is 17.3 Å². The predicted octanol–water partition coefficient (Wildman–Crippen LogP) is 3.62. The van der Waals surface area contributed by atoms with Crippen LogP contribution in [-0.2, 0) is 12.6 Å².